The molecule has 1 N–H and O–H groups in total. The summed E-state index contributed by atoms with van der Waals surface area (Å²) in [5, 5.41) is 13.1. The first kappa shape index (κ1) is 14.0. The average molecular weight is 304 g/mol. The number of nitriles is 1. The van der Waals surface area contributed by atoms with Crippen LogP contribution in [-0.2, 0) is 0 Å². The van der Waals surface area contributed by atoms with Gasteiger partial charge in [0, 0.05) is 0 Å². The molecule has 5 heteroatoms. The standard InChI is InChI=1S/C17H12N4S/c18-10-13-6-8-14(9-7-13)11-19-21-12-16(20-17(21)22)15-4-2-1-3-5-15/h1-9,11-12H,(H,20,22). The van der Waals surface area contributed by atoms with Crippen molar-refractivity contribution in [2.24, 2.45) is 5.10 Å². The summed E-state index contributed by atoms with van der Waals surface area (Å²) in [5.41, 5.74) is 3.51. The summed E-state index contributed by atoms with van der Waals surface area (Å²) in [5.74, 6) is 0. The van der Waals surface area contributed by atoms with Crippen LogP contribution in [-0.4, -0.2) is 15.9 Å². The van der Waals surface area contributed by atoms with Gasteiger partial charge in [-0.05, 0) is 35.5 Å². The molecule has 0 radical (unpaired) electrons. The van der Waals surface area contributed by atoms with E-state index in [-0.39, 0.29) is 0 Å². The Morgan fingerprint density at radius 3 is 2.50 bits per heavy atom. The second kappa shape index (κ2) is 6.20. The third-order valence-corrected chi connectivity index (χ3v) is 3.45. The van der Waals surface area contributed by atoms with Crippen LogP contribution in [0.4, 0.5) is 0 Å². The van der Waals surface area contributed by atoms with Crippen LogP contribution in [0.2, 0.25) is 0 Å². The van der Waals surface area contributed by atoms with Gasteiger partial charge >= 0.3 is 0 Å². The maximum absolute atomic E-state index is 8.78. The molecule has 3 rings (SSSR count). The van der Waals surface area contributed by atoms with E-state index in [1.165, 1.54) is 0 Å². The number of hydrogen-bond donors (Lipinski definition) is 1. The summed E-state index contributed by atoms with van der Waals surface area (Å²) >= 11 is 5.28. The third-order valence-electron chi connectivity index (χ3n) is 3.16. The Bertz CT molecular complexity index is 896. The third kappa shape index (κ3) is 3.03. The van der Waals surface area contributed by atoms with E-state index < -0.39 is 0 Å². The van der Waals surface area contributed by atoms with E-state index in [1.807, 2.05) is 48.7 Å². The fourth-order valence-corrected chi connectivity index (χ4v) is 2.22. The smallest absolute Gasteiger partial charge is 0.198 e. The highest BCUT2D eigenvalue weighted by molar-refractivity contribution is 7.71. The number of imidazole rings is 1. The highest BCUT2D eigenvalue weighted by atomic mass is 32.1. The van der Waals surface area contributed by atoms with Gasteiger partial charge in [0.05, 0.1) is 29.7 Å². The van der Waals surface area contributed by atoms with Gasteiger partial charge in [-0.1, -0.05) is 42.5 Å². The van der Waals surface area contributed by atoms with Gasteiger partial charge in [-0.15, -0.1) is 0 Å². The summed E-state index contributed by atoms with van der Waals surface area (Å²) in [6.45, 7) is 0. The SMILES string of the molecule is N#Cc1ccc(C=Nn2cc(-c3ccccc3)[nH]c2=S)cc1. The summed E-state index contributed by atoms with van der Waals surface area (Å²) in [7, 11) is 0. The Morgan fingerprint density at radius 2 is 1.82 bits per heavy atom. The number of aromatic nitrogens is 2. The van der Waals surface area contributed by atoms with Crippen molar-refractivity contribution in [2.75, 3.05) is 0 Å². The summed E-state index contributed by atoms with van der Waals surface area (Å²) in [6, 6.07) is 19.2. The van der Waals surface area contributed by atoms with Gasteiger partial charge < -0.3 is 4.98 Å². The highest BCUT2D eigenvalue weighted by Crippen LogP contribution is 2.16. The van der Waals surface area contributed by atoms with Crippen LogP contribution in [0.25, 0.3) is 11.3 Å². The lowest BCUT2D eigenvalue weighted by Crippen LogP contribution is -1.89. The molecule has 22 heavy (non-hydrogen) atoms. The number of rotatable bonds is 3. The molecule has 0 amide bonds. The van der Waals surface area contributed by atoms with Gasteiger partial charge in [-0.3, -0.25) is 0 Å². The summed E-state index contributed by atoms with van der Waals surface area (Å²) in [6.07, 6.45) is 3.57. The number of H-pyrrole nitrogens is 1. The minimum atomic E-state index is 0.531. The van der Waals surface area contributed by atoms with Crippen LogP contribution in [0.5, 0.6) is 0 Å². The van der Waals surface area contributed by atoms with E-state index in [1.54, 1.807) is 23.0 Å². The maximum atomic E-state index is 8.78. The van der Waals surface area contributed by atoms with E-state index in [4.69, 9.17) is 17.5 Å². The Balaban J connectivity index is 1.86. The normalized spacial score (nSPS) is 10.7. The van der Waals surface area contributed by atoms with E-state index in [0.717, 1.165) is 16.8 Å². The summed E-state index contributed by atoms with van der Waals surface area (Å²) < 4.78 is 2.15. The van der Waals surface area contributed by atoms with Crippen molar-refractivity contribution in [3.8, 4) is 17.3 Å². The molecular formula is C17H12N4S. The molecular weight excluding hydrogens is 292 g/mol. The van der Waals surface area contributed by atoms with Crippen molar-refractivity contribution >= 4 is 18.4 Å². The van der Waals surface area contributed by atoms with Crippen LogP contribution < -0.4 is 0 Å². The van der Waals surface area contributed by atoms with E-state index in [2.05, 4.69) is 16.2 Å². The first-order valence-corrected chi connectivity index (χ1v) is 7.09. The zero-order valence-electron chi connectivity index (χ0n) is 11.6. The number of nitrogens with one attached hydrogen (secondary N) is 1. The molecule has 0 bridgehead atoms. The molecule has 1 heterocycles. The molecule has 0 spiro atoms. The second-order valence-corrected chi connectivity index (χ2v) is 5.05. The van der Waals surface area contributed by atoms with Crippen LogP contribution in [0.3, 0.4) is 0 Å². The van der Waals surface area contributed by atoms with Crippen LogP contribution in [0.1, 0.15) is 11.1 Å². The monoisotopic (exact) mass is 304 g/mol. The molecule has 0 saturated heterocycles. The van der Waals surface area contributed by atoms with E-state index >= 15 is 0 Å². The van der Waals surface area contributed by atoms with Gasteiger partial charge in [-0.25, -0.2) is 4.68 Å². The van der Waals surface area contributed by atoms with Crippen LogP contribution >= 0.6 is 12.2 Å². The molecule has 3 aromatic rings. The predicted octanol–water partition coefficient (Wildman–Crippen LogP) is 3.97. The van der Waals surface area contributed by atoms with Crippen molar-refractivity contribution in [2.45, 2.75) is 0 Å². The second-order valence-electron chi connectivity index (χ2n) is 4.66. The molecule has 0 aliphatic heterocycles. The molecule has 0 saturated carbocycles. The maximum Gasteiger partial charge on any atom is 0.198 e. The minimum absolute atomic E-state index is 0.531. The van der Waals surface area contributed by atoms with Gasteiger partial charge in [0.15, 0.2) is 4.77 Å². The molecule has 1 aromatic heterocycles. The first-order valence-electron chi connectivity index (χ1n) is 6.68. The van der Waals surface area contributed by atoms with Crippen LogP contribution in [0, 0.1) is 16.1 Å². The quantitative estimate of drug-likeness (QED) is 0.588. The van der Waals surface area contributed by atoms with Gasteiger partial charge in [0.1, 0.15) is 0 Å². The minimum Gasteiger partial charge on any atom is -0.329 e. The van der Waals surface area contributed by atoms with Gasteiger partial charge in [-0.2, -0.15) is 10.4 Å². The zero-order valence-corrected chi connectivity index (χ0v) is 12.4. The topological polar surface area (TPSA) is 56.9 Å². The zero-order chi connectivity index (χ0) is 15.4. The molecule has 0 aliphatic carbocycles. The Kier molecular flexibility index (Phi) is 3.95. The van der Waals surface area contributed by atoms with Crippen molar-refractivity contribution in [1.29, 1.82) is 5.26 Å². The number of benzene rings is 2. The lowest BCUT2D eigenvalue weighted by molar-refractivity contribution is 0.864. The van der Waals surface area contributed by atoms with Gasteiger partial charge in [0.2, 0.25) is 0 Å². The fraction of sp³-hybridized carbons (Fsp3) is 0. The molecule has 2 aromatic carbocycles. The molecule has 0 atom stereocenters. The molecule has 0 fully saturated rings. The molecule has 4 nitrogen and oxygen atoms in total. The highest BCUT2D eigenvalue weighted by Gasteiger charge is 2.01. The van der Waals surface area contributed by atoms with E-state index in [0.29, 0.717) is 10.3 Å². The summed E-state index contributed by atoms with van der Waals surface area (Å²) in [4.78, 5) is 3.14. The number of aromatic amines is 1. The van der Waals surface area contributed by atoms with Crippen molar-refractivity contribution in [1.82, 2.24) is 9.66 Å². The number of hydrogen-bond acceptors (Lipinski definition) is 3. The van der Waals surface area contributed by atoms with E-state index in [9.17, 15) is 0 Å². The largest absolute Gasteiger partial charge is 0.329 e. The van der Waals surface area contributed by atoms with Crippen LogP contribution in [0.15, 0.2) is 65.9 Å². The predicted molar refractivity (Wildman–Crippen MR) is 89.2 cm³/mol. The molecule has 0 unspecified atom stereocenters. The average Bonchev–Trinajstić information content (AvgIpc) is 2.95. The molecule has 0 aliphatic rings. The number of nitrogens with zero attached hydrogens (tertiary/aromatic N) is 3. The Hall–Kier alpha value is -2.97. The Labute approximate surface area is 133 Å². The van der Waals surface area contributed by atoms with Crippen molar-refractivity contribution in [3.63, 3.8) is 0 Å². The molecule has 106 valence electrons. The lowest BCUT2D eigenvalue weighted by atomic mass is 10.2. The Morgan fingerprint density at radius 1 is 1.09 bits per heavy atom. The first-order chi connectivity index (χ1) is 10.8. The van der Waals surface area contributed by atoms with Crippen molar-refractivity contribution in [3.05, 3.63) is 76.7 Å². The van der Waals surface area contributed by atoms with Gasteiger partial charge in [0.25, 0.3) is 0 Å². The lowest BCUT2D eigenvalue weighted by Gasteiger charge is -1.95. The van der Waals surface area contributed by atoms with Crippen molar-refractivity contribution < 1.29 is 0 Å². The fourth-order valence-electron chi connectivity index (χ4n) is 2.01.